The highest BCUT2D eigenvalue weighted by molar-refractivity contribution is 9.10. The summed E-state index contributed by atoms with van der Waals surface area (Å²) < 4.78 is 23.1. The van der Waals surface area contributed by atoms with Crippen molar-refractivity contribution in [3.8, 4) is 0 Å². The molecule has 0 spiro atoms. The monoisotopic (exact) mass is 306 g/mol. The van der Waals surface area contributed by atoms with Crippen molar-refractivity contribution in [3.63, 3.8) is 0 Å². The van der Waals surface area contributed by atoms with Gasteiger partial charge in [0.25, 0.3) is 0 Å². The van der Waals surface area contributed by atoms with Crippen molar-refractivity contribution in [3.05, 3.63) is 33.8 Å². The van der Waals surface area contributed by atoms with E-state index in [1.54, 1.807) is 6.92 Å². The van der Waals surface area contributed by atoms with E-state index in [0.29, 0.717) is 10.0 Å². The van der Waals surface area contributed by atoms with Crippen LogP contribution in [0, 0.1) is 0 Å². The maximum absolute atomic E-state index is 11.4. The van der Waals surface area contributed by atoms with Gasteiger partial charge in [-0.2, -0.15) is 0 Å². The highest BCUT2D eigenvalue weighted by Crippen LogP contribution is 2.20. The second kappa shape index (κ2) is 4.97. The predicted octanol–water partition coefficient (Wildman–Crippen LogP) is 2.08. The van der Waals surface area contributed by atoms with Crippen LogP contribution >= 0.6 is 15.9 Å². The van der Waals surface area contributed by atoms with Crippen LogP contribution in [-0.2, 0) is 15.6 Å². The highest BCUT2D eigenvalue weighted by atomic mass is 79.9. The van der Waals surface area contributed by atoms with E-state index in [4.69, 9.17) is 5.11 Å². The van der Waals surface area contributed by atoms with Gasteiger partial charge in [-0.1, -0.05) is 13.0 Å². The molecule has 88 valence electrons. The molecule has 0 aliphatic rings. The topological polar surface area (TPSA) is 71.4 Å². The van der Waals surface area contributed by atoms with Crippen LogP contribution in [0.25, 0.3) is 0 Å². The lowest BCUT2D eigenvalue weighted by Gasteiger charge is -2.04. The van der Waals surface area contributed by atoms with E-state index in [2.05, 4.69) is 15.9 Å². The average molecular weight is 307 g/mol. The number of sulfone groups is 1. The fourth-order valence-electron chi connectivity index (χ4n) is 1.18. The average Bonchev–Trinajstić information content (AvgIpc) is 2.16. The standard InChI is InChI=1S/C10H11BrO4S/c1-2-16(14,15)6-7-3-4-8(10(12)13)9(11)5-7/h3-5H,2,6H2,1H3,(H,12,13). The number of hydrogen-bond acceptors (Lipinski definition) is 3. The molecule has 0 aliphatic carbocycles. The molecule has 1 aromatic carbocycles. The molecule has 0 radical (unpaired) electrons. The van der Waals surface area contributed by atoms with Gasteiger partial charge in [0.15, 0.2) is 9.84 Å². The molecular weight excluding hydrogens is 296 g/mol. The van der Waals surface area contributed by atoms with Crippen molar-refractivity contribution in [1.82, 2.24) is 0 Å². The third-order valence-corrected chi connectivity index (χ3v) is 4.40. The zero-order valence-electron chi connectivity index (χ0n) is 8.60. The van der Waals surface area contributed by atoms with Gasteiger partial charge >= 0.3 is 5.97 Å². The Morgan fingerprint density at radius 1 is 1.44 bits per heavy atom. The molecular formula is C10H11BrO4S. The predicted molar refractivity (Wildman–Crippen MR) is 64.3 cm³/mol. The quantitative estimate of drug-likeness (QED) is 0.924. The Kier molecular flexibility index (Phi) is 4.09. The molecule has 1 aromatic rings. The second-order valence-corrected chi connectivity index (χ2v) is 6.50. The third kappa shape index (κ3) is 3.31. The molecule has 0 aromatic heterocycles. The zero-order valence-corrected chi connectivity index (χ0v) is 11.0. The molecule has 0 saturated heterocycles. The lowest BCUT2D eigenvalue weighted by Crippen LogP contribution is -2.07. The molecule has 0 atom stereocenters. The molecule has 0 bridgehead atoms. The normalized spacial score (nSPS) is 11.4. The van der Waals surface area contributed by atoms with E-state index in [1.165, 1.54) is 18.2 Å². The first-order valence-corrected chi connectivity index (χ1v) is 7.19. The summed E-state index contributed by atoms with van der Waals surface area (Å²) >= 11 is 3.10. The molecule has 0 aliphatic heterocycles. The molecule has 0 fully saturated rings. The van der Waals surface area contributed by atoms with Gasteiger partial charge in [0.05, 0.1) is 11.3 Å². The van der Waals surface area contributed by atoms with Crippen molar-refractivity contribution in [1.29, 1.82) is 0 Å². The van der Waals surface area contributed by atoms with Gasteiger partial charge in [-0.15, -0.1) is 0 Å². The van der Waals surface area contributed by atoms with Crippen LogP contribution in [0.15, 0.2) is 22.7 Å². The van der Waals surface area contributed by atoms with Gasteiger partial charge in [0, 0.05) is 10.2 Å². The summed E-state index contributed by atoms with van der Waals surface area (Å²) in [5.74, 6) is -1.04. The Morgan fingerprint density at radius 2 is 2.06 bits per heavy atom. The van der Waals surface area contributed by atoms with Crippen molar-refractivity contribution in [2.75, 3.05) is 5.75 Å². The molecule has 0 heterocycles. The Morgan fingerprint density at radius 3 is 2.50 bits per heavy atom. The molecule has 6 heteroatoms. The summed E-state index contributed by atoms with van der Waals surface area (Å²) in [5.41, 5.74) is 0.705. The lowest BCUT2D eigenvalue weighted by atomic mass is 10.1. The van der Waals surface area contributed by atoms with Gasteiger partial charge in [0.1, 0.15) is 0 Å². The van der Waals surface area contributed by atoms with Gasteiger partial charge in [-0.3, -0.25) is 0 Å². The minimum absolute atomic E-state index is 0.0675. The van der Waals surface area contributed by atoms with E-state index in [0.717, 1.165) is 0 Å². The van der Waals surface area contributed by atoms with Crippen LogP contribution in [0.2, 0.25) is 0 Å². The first-order valence-electron chi connectivity index (χ1n) is 4.58. The molecule has 16 heavy (non-hydrogen) atoms. The zero-order chi connectivity index (χ0) is 12.3. The van der Waals surface area contributed by atoms with Crippen LogP contribution < -0.4 is 0 Å². The minimum atomic E-state index is -3.09. The van der Waals surface area contributed by atoms with Crippen LogP contribution in [0.4, 0.5) is 0 Å². The minimum Gasteiger partial charge on any atom is -0.478 e. The van der Waals surface area contributed by atoms with Crippen LogP contribution in [0.3, 0.4) is 0 Å². The van der Waals surface area contributed by atoms with Crippen molar-refractivity contribution in [2.45, 2.75) is 12.7 Å². The van der Waals surface area contributed by atoms with E-state index in [1.807, 2.05) is 0 Å². The smallest absolute Gasteiger partial charge is 0.336 e. The van der Waals surface area contributed by atoms with Crippen molar-refractivity contribution >= 4 is 31.7 Å². The second-order valence-electron chi connectivity index (χ2n) is 3.30. The first kappa shape index (κ1) is 13.2. The van der Waals surface area contributed by atoms with E-state index in [9.17, 15) is 13.2 Å². The first-order chi connectivity index (χ1) is 7.35. The maximum Gasteiger partial charge on any atom is 0.336 e. The van der Waals surface area contributed by atoms with Gasteiger partial charge in [-0.05, 0) is 33.6 Å². The summed E-state index contributed by atoms with van der Waals surface area (Å²) in [6.45, 7) is 1.58. The Labute approximate surface area is 102 Å². The fraction of sp³-hybridized carbons (Fsp3) is 0.300. The summed E-state index contributed by atoms with van der Waals surface area (Å²) in [6.07, 6.45) is 0. The van der Waals surface area contributed by atoms with Gasteiger partial charge in [0.2, 0.25) is 0 Å². The summed E-state index contributed by atoms with van der Waals surface area (Å²) in [4.78, 5) is 10.7. The Bertz CT molecular complexity index is 508. The number of carbonyl (C=O) groups is 1. The van der Waals surface area contributed by atoms with Crippen molar-refractivity contribution in [2.24, 2.45) is 0 Å². The Balaban J connectivity index is 3.03. The fourth-order valence-corrected chi connectivity index (χ4v) is 2.67. The lowest BCUT2D eigenvalue weighted by molar-refractivity contribution is 0.0696. The van der Waals surface area contributed by atoms with E-state index >= 15 is 0 Å². The number of aromatic carboxylic acids is 1. The number of rotatable bonds is 4. The van der Waals surface area contributed by atoms with Gasteiger partial charge in [-0.25, -0.2) is 13.2 Å². The molecule has 1 rings (SSSR count). The maximum atomic E-state index is 11.4. The molecule has 0 unspecified atom stereocenters. The molecule has 4 nitrogen and oxygen atoms in total. The summed E-state index contributed by atoms with van der Waals surface area (Å²) in [5, 5.41) is 8.79. The number of hydrogen-bond donors (Lipinski definition) is 1. The SMILES string of the molecule is CCS(=O)(=O)Cc1ccc(C(=O)O)c(Br)c1. The van der Waals surface area contributed by atoms with E-state index < -0.39 is 15.8 Å². The number of halogens is 1. The summed E-state index contributed by atoms with van der Waals surface area (Å²) in [6, 6.07) is 4.44. The van der Waals surface area contributed by atoms with Gasteiger partial charge < -0.3 is 5.11 Å². The van der Waals surface area contributed by atoms with Crippen LogP contribution in [-0.4, -0.2) is 25.2 Å². The number of benzene rings is 1. The summed E-state index contributed by atoms with van der Waals surface area (Å²) in [7, 11) is -3.09. The molecule has 1 N–H and O–H groups in total. The molecule has 0 saturated carbocycles. The third-order valence-electron chi connectivity index (χ3n) is 2.09. The van der Waals surface area contributed by atoms with E-state index in [-0.39, 0.29) is 17.1 Å². The number of carboxylic acids is 1. The number of carboxylic acid groups (broad SMARTS) is 1. The molecule has 0 amide bonds. The van der Waals surface area contributed by atoms with Crippen LogP contribution in [0.5, 0.6) is 0 Å². The largest absolute Gasteiger partial charge is 0.478 e. The van der Waals surface area contributed by atoms with Crippen molar-refractivity contribution < 1.29 is 18.3 Å². The Hall–Kier alpha value is -0.880. The van der Waals surface area contributed by atoms with Crippen LogP contribution in [0.1, 0.15) is 22.8 Å². The highest BCUT2D eigenvalue weighted by Gasteiger charge is 2.12.